The fourth-order valence-electron chi connectivity index (χ4n) is 2.73. The normalized spacial score (nSPS) is 21.9. The molecule has 0 aromatic heterocycles. The number of benzene rings is 1. The SMILES string of the molecule is NCC1CCCCC1COC(=O)Nc1ccc(F)cc1F. The van der Waals surface area contributed by atoms with Crippen LogP contribution in [0.4, 0.5) is 19.3 Å². The molecule has 21 heavy (non-hydrogen) atoms. The van der Waals surface area contributed by atoms with Crippen molar-refractivity contribution in [3.8, 4) is 0 Å². The highest BCUT2D eigenvalue weighted by atomic mass is 19.1. The number of anilines is 1. The van der Waals surface area contributed by atoms with E-state index in [1.54, 1.807) is 0 Å². The summed E-state index contributed by atoms with van der Waals surface area (Å²) in [6, 6.07) is 2.95. The number of nitrogens with one attached hydrogen (secondary N) is 1. The average molecular weight is 298 g/mol. The van der Waals surface area contributed by atoms with Crippen LogP contribution in [0, 0.1) is 23.5 Å². The van der Waals surface area contributed by atoms with Crippen LogP contribution in [-0.2, 0) is 4.74 Å². The second kappa shape index (κ2) is 7.36. The lowest BCUT2D eigenvalue weighted by Crippen LogP contribution is -2.31. The van der Waals surface area contributed by atoms with Crippen molar-refractivity contribution in [2.45, 2.75) is 25.7 Å². The summed E-state index contributed by atoms with van der Waals surface area (Å²) in [4.78, 5) is 11.7. The molecule has 0 radical (unpaired) electrons. The first-order valence-corrected chi connectivity index (χ1v) is 7.19. The van der Waals surface area contributed by atoms with Crippen LogP contribution < -0.4 is 11.1 Å². The fourth-order valence-corrected chi connectivity index (χ4v) is 2.73. The number of hydrogen-bond donors (Lipinski definition) is 2. The molecule has 0 saturated heterocycles. The molecule has 6 heteroatoms. The molecule has 0 heterocycles. The van der Waals surface area contributed by atoms with Crippen LogP contribution in [0.25, 0.3) is 0 Å². The van der Waals surface area contributed by atoms with Gasteiger partial charge < -0.3 is 10.5 Å². The summed E-state index contributed by atoms with van der Waals surface area (Å²) in [7, 11) is 0. The molecule has 1 aromatic rings. The number of halogens is 2. The van der Waals surface area contributed by atoms with E-state index >= 15 is 0 Å². The van der Waals surface area contributed by atoms with Crippen molar-refractivity contribution in [1.82, 2.24) is 0 Å². The first kappa shape index (κ1) is 15.7. The van der Waals surface area contributed by atoms with Gasteiger partial charge >= 0.3 is 6.09 Å². The zero-order valence-corrected chi connectivity index (χ0v) is 11.8. The van der Waals surface area contributed by atoms with Gasteiger partial charge in [0.25, 0.3) is 0 Å². The molecule has 4 nitrogen and oxygen atoms in total. The molecule has 2 rings (SSSR count). The summed E-state index contributed by atoms with van der Waals surface area (Å²) >= 11 is 0. The molecule has 2 atom stereocenters. The third-order valence-corrected chi connectivity index (χ3v) is 3.97. The van der Waals surface area contributed by atoms with E-state index < -0.39 is 17.7 Å². The maximum absolute atomic E-state index is 13.4. The Bertz CT molecular complexity index is 497. The highest BCUT2D eigenvalue weighted by molar-refractivity contribution is 5.84. The van der Waals surface area contributed by atoms with Gasteiger partial charge in [-0.3, -0.25) is 5.32 Å². The lowest BCUT2D eigenvalue weighted by molar-refractivity contribution is 0.104. The van der Waals surface area contributed by atoms with Crippen molar-refractivity contribution in [2.75, 3.05) is 18.5 Å². The Hall–Kier alpha value is -1.69. The number of nitrogens with two attached hydrogens (primary N) is 1. The second-order valence-corrected chi connectivity index (χ2v) is 5.39. The number of hydrogen-bond acceptors (Lipinski definition) is 3. The van der Waals surface area contributed by atoms with Gasteiger partial charge in [-0.15, -0.1) is 0 Å². The molecule has 1 amide bonds. The van der Waals surface area contributed by atoms with Crippen LogP contribution in [0.3, 0.4) is 0 Å². The molecule has 0 bridgehead atoms. The van der Waals surface area contributed by atoms with Gasteiger partial charge in [0.05, 0.1) is 12.3 Å². The second-order valence-electron chi connectivity index (χ2n) is 5.39. The van der Waals surface area contributed by atoms with Crippen LogP contribution in [0.15, 0.2) is 18.2 Å². The van der Waals surface area contributed by atoms with Gasteiger partial charge in [-0.1, -0.05) is 12.8 Å². The number of carbonyl (C=O) groups excluding carboxylic acids is 1. The number of amides is 1. The average Bonchev–Trinajstić information content (AvgIpc) is 2.48. The molecule has 2 unspecified atom stereocenters. The first-order valence-electron chi connectivity index (χ1n) is 7.19. The molecule has 1 fully saturated rings. The van der Waals surface area contributed by atoms with Crippen molar-refractivity contribution >= 4 is 11.8 Å². The lowest BCUT2D eigenvalue weighted by Gasteiger charge is -2.30. The molecule has 1 aliphatic carbocycles. The summed E-state index contributed by atoms with van der Waals surface area (Å²) in [5.74, 6) is -0.898. The van der Waals surface area contributed by atoms with Crippen molar-refractivity contribution in [3.63, 3.8) is 0 Å². The Morgan fingerprint density at radius 1 is 1.29 bits per heavy atom. The van der Waals surface area contributed by atoms with Crippen molar-refractivity contribution in [3.05, 3.63) is 29.8 Å². The van der Waals surface area contributed by atoms with Crippen LogP contribution in [0.1, 0.15) is 25.7 Å². The van der Waals surface area contributed by atoms with E-state index in [0.29, 0.717) is 18.5 Å². The topological polar surface area (TPSA) is 64.3 Å². The maximum Gasteiger partial charge on any atom is 0.411 e. The standard InChI is InChI=1S/C15H20F2N2O2/c16-12-5-6-14(13(17)7-12)19-15(20)21-9-11-4-2-1-3-10(11)8-18/h5-7,10-11H,1-4,8-9,18H2,(H,19,20). The number of ether oxygens (including phenoxy) is 1. The van der Waals surface area contributed by atoms with Crippen LogP contribution in [-0.4, -0.2) is 19.2 Å². The van der Waals surface area contributed by atoms with Crippen molar-refractivity contribution in [2.24, 2.45) is 17.6 Å². The molecule has 0 spiro atoms. The van der Waals surface area contributed by atoms with Crippen molar-refractivity contribution < 1.29 is 18.3 Å². The Balaban J connectivity index is 1.84. The van der Waals surface area contributed by atoms with Crippen LogP contribution in [0.5, 0.6) is 0 Å². The van der Waals surface area contributed by atoms with E-state index in [0.717, 1.165) is 37.8 Å². The maximum atomic E-state index is 13.4. The van der Waals surface area contributed by atoms with E-state index in [9.17, 15) is 13.6 Å². The molecular formula is C15H20F2N2O2. The Kier molecular flexibility index (Phi) is 5.50. The monoisotopic (exact) mass is 298 g/mol. The minimum Gasteiger partial charge on any atom is -0.449 e. The smallest absolute Gasteiger partial charge is 0.411 e. The zero-order chi connectivity index (χ0) is 15.2. The van der Waals surface area contributed by atoms with Gasteiger partial charge in [-0.05, 0) is 43.4 Å². The van der Waals surface area contributed by atoms with Gasteiger partial charge in [0.1, 0.15) is 11.6 Å². The van der Waals surface area contributed by atoms with Gasteiger partial charge in [-0.25, -0.2) is 13.6 Å². The van der Waals surface area contributed by atoms with E-state index in [-0.39, 0.29) is 18.2 Å². The first-order chi connectivity index (χ1) is 10.1. The zero-order valence-electron chi connectivity index (χ0n) is 11.8. The molecule has 1 saturated carbocycles. The van der Waals surface area contributed by atoms with E-state index in [1.165, 1.54) is 0 Å². The lowest BCUT2D eigenvalue weighted by atomic mass is 9.80. The molecule has 1 aromatic carbocycles. The van der Waals surface area contributed by atoms with Gasteiger partial charge in [0, 0.05) is 6.07 Å². The predicted octanol–water partition coefficient (Wildman–Crippen LogP) is 3.28. The van der Waals surface area contributed by atoms with E-state index in [4.69, 9.17) is 10.5 Å². The summed E-state index contributed by atoms with van der Waals surface area (Å²) in [6.07, 6.45) is 3.57. The Morgan fingerprint density at radius 2 is 2.00 bits per heavy atom. The van der Waals surface area contributed by atoms with Gasteiger partial charge in [0.2, 0.25) is 0 Å². The highest BCUT2D eigenvalue weighted by Crippen LogP contribution is 2.29. The summed E-state index contributed by atoms with van der Waals surface area (Å²) in [5, 5.41) is 2.28. The third kappa shape index (κ3) is 4.39. The largest absolute Gasteiger partial charge is 0.449 e. The quantitative estimate of drug-likeness (QED) is 0.896. The number of carbonyl (C=O) groups is 1. The molecular weight excluding hydrogens is 278 g/mol. The van der Waals surface area contributed by atoms with Crippen LogP contribution in [0.2, 0.25) is 0 Å². The number of rotatable bonds is 4. The van der Waals surface area contributed by atoms with Crippen LogP contribution >= 0.6 is 0 Å². The Morgan fingerprint density at radius 3 is 2.67 bits per heavy atom. The predicted molar refractivity (Wildman–Crippen MR) is 75.8 cm³/mol. The highest BCUT2D eigenvalue weighted by Gasteiger charge is 2.25. The summed E-state index contributed by atoms with van der Waals surface area (Å²) in [5.41, 5.74) is 5.62. The minimum atomic E-state index is -0.829. The molecule has 3 N–H and O–H groups in total. The van der Waals surface area contributed by atoms with E-state index in [2.05, 4.69) is 5.32 Å². The third-order valence-electron chi connectivity index (χ3n) is 3.97. The summed E-state index contributed by atoms with van der Waals surface area (Å²) < 4.78 is 31.3. The molecule has 116 valence electrons. The van der Waals surface area contributed by atoms with Gasteiger partial charge in [0.15, 0.2) is 0 Å². The fraction of sp³-hybridized carbons (Fsp3) is 0.533. The molecule has 0 aliphatic heterocycles. The minimum absolute atomic E-state index is 0.0968. The van der Waals surface area contributed by atoms with Crippen molar-refractivity contribution in [1.29, 1.82) is 0 Å². The summed E-state index contributed by atoms with van der Waals surface area (Å²) in [6.45, 7) is 0.860. The van der Waals surface area contributed by atoms with Gasteiger partial charge in [-0.2, -0.15) is 0 Å². The van der Waals surface area contributed by atoms with E-state index in [1.807, 2.05) is 0 Å². The molecule has 1 aliphatic rings. The Labute approximate surface area is 122 Å².